The van der Waals surface area contributed by atoms with Gasteiger partial charge in [0.1, 0.15) is 24.9 Å². The number of carbonyl (C=O) groups is 2. The van der Waals surface area contributed by atoms with Gasteiger partial charge in [0.25, 0.3) is 5.70 Å². The average molecular weight is 466 g/mol. The van der Waals surface area contributed by atoms with E-state index in [0.717, 1.165) is 5.56 Å². The molecule has 0 saturated heterocycles. The van der Waals surface area contributed by atoms with Crippen LogP contribution in [-0.2, 0) is 20.9 Å². The predicted octanol–water partition coefficient (Wildman–Crippen LogP) is 3.41. The zero-order valence-corrected chi connectivity index (χ0v) is 19.3. The maximum Gasteiger partial charge on any atom is 0.337 e. The fourth-order valence-electron chi connectivity index (χ4n) is 3.83. The summed E-state index contributed by atoms with van der Waals surface area (Å²) in [4.78, 5) is 35.8. The Morgan fingerprint density at radius 1 is 1.06 bits per heavy atom. The number of benzene rings is 2. The van der Waals surface area contributed by atoms with Crippen molar-refractivity contribution in [3.63, 3.8) is 0 Å². The van der Waals surface area contributed by atoms with E-state index in [0.29, 0.717) is 22.7 Å². The van der Waals surface area contributed by atoms with Crippen molar-refractivity contribution in [1.29, 1.82) is 0 Å². The molecule has 34 heavy (non-hydrogen) atoms. The van der Waals surface area contributed by atoms with Crippen LogP contribution in [0.1, 0.15) is 37.8 Å². The van der Waals surface area contributed by atoms with Crippen LogP contribution in [0.2, 0.25) is 0 Å². The standard InChI is InChI=1S/C25H27N3O6/c1-16-22(25(30)33-14-13-26-18(3)29)23(24(28(31)32)17(2)27-16)20-11-7-8-12-21(20)34-15-19-9-5-4-6-10-19/h4-12,23,27H,13-15H2,1-3H3,(H,26,29). The van der Waals surface area contributed by atoms with Gasteiger partial charge in [-0.3, -0.25) is 14.9 Å². The van der Waals surface area contributed by atoms with Crippen molar-refractivity contribution in [2.45, 2.75) is 33.3 Å². The minimum absolute atomic E-state index is 0.0649. The van der Waals surface area contributed by atoms with Gasteiger partial charge in [-0.25, -0.2) is 4.79 Å². The van der Waals surface area contributed by atoms with Crippen LogP contribution in [-0.4, -0.2) is 30.0 Å². The molecule has 0 spiro atoms. The average Bonchev–Trinajstić information content (AvgIpc) is 2.80. The van der Waals surface area contributed by atoms with Gasteiger partial charge in [0.05, 0.1) is 22.7 Å². The number of dihydropyridines is 1. The van der Waals surface area contributed by atoms with Gasteiger partial charge >= 0.3 is 5.97 Å². The summed E-state index contributed by atoms with van der Waals surface area (Å²) < 4.78 is 11.4. The number of nitro groups is 1. The summed E-state index contributed by atoms with van der Waals surface area (Å²) >= 11 is 0. The molecule has 178 valence electrons. The van der Waals surface area contributed by atoms with Crippen LogP contribution in [0.15, 0.2) is 77.3 Å². The molecule has 0 bridgehead atoms. The van der Waals surface area contributed by atoms with Crippen molar-refractivity contribution < 1.29 is 24.0 Å². The van der Waals surface area contributed by atoms with Crippen LogP contribution >= 0.6 is 0 Å². The SMILES string of the molecule is CC(=O)NCCOC(=O)C1=C(C)NC(C)=C([N+](=O)[O-])C1c1ccccc1OCc1ccccc1. The van der Waals surface area contributed by atoms with Crippen molar-refractivity contribution in [2.24, 2.45) is 0 Å². The number of nitrogens with one attached hydrogen (secondary N) is 2. The van der Waals surface area contributed by atoms with Gasteiger partial charge in [0, 0.05) is 18.2 Å². The van der Waals surface area contributed by atoms with E-state index >= 15 is 0 Å². The first kappa shape index (κ1) is 24.5. The number of nitrogens with zero attached hydrogens (tertiary/aromatic N) is 1. The molecule has 0 aromatic heterocycles. The molecule has 0 aliphatic carbocycles. The summed E-state index contributed by atoms with van der Waals surface area (Å²) in [6, 6.07) is 16.5. The number of para-hydroxylation sites is 1. The molecule has 9 heteroatoms. The molecular formula is C25H27N3O6. The van der Waals surface area contributed by atoms with Gasteiger partial charge in [-0.05, 0) is 25.5 Å². The molecule has 0 radical (unpaired) electrons. The molecule has 0 fully saturated rings. The van der Waals surface area contributed by atoms with Gasteiger partial charge in [-0.2, -0.15) is 0 Å². The third-order valence-corrected chi connectivity index (χ3v) is 5.32. The van der Waals surface area contributed by atoms with Crippen molar-refractivity contribution in [3.05, 3.63) is 98.5 Å². The molecule has 2 aromatic rings. The first-order chi connectivity index (χ1) is 16.3. The fraction of sp³-hybridized carbons (Fsp3) is 0.280. The molecule has 2 N–H and O–H groups in total. The van der Waals surface area contributed by atoms with Crippen LogP contribution in [0.25, 0.3) is 0 Å². The van der Waals surface area contributed by atoms with E-state index in [9.17, 15) is 19.7 Å². The van der Waals surface area contributed by atoms with E-state index in [1.165, 1.54) is 6.92 Å². The highest BCUT2D eigenvalue weighted by Gasteiger charge is 2.42. The van der Waals surface area contributed by atoms with Crippen molar-refractivity contribution in [2.75, 3.05) is 13.2 Å². The van der Waals surface area contributed by atoms with Crippen LogP contribution in [0.5, 0.6) is 5.75 Å². The summed E-state index contributed by atoms with van der Waals surface area (Å²) in [6.45, 7) is 4.97. The first-order valence-electron chi connectivity index (χ1n) is 10.8. The normalized spacial score (nSPS) is 15.4. The smallest absolute Gasteiger partial charge is 0.337 e. The minimum atomic E-state index is -1.00. The molecular weight excluding hydrogens is 438 g/mol. The molecule has 9 nitrogen and oxygen atoms in total. The third kappa shape index (κ3) is 5.80. The summed E-state index contributed by atoms with van der Waals surface area (Å²) in [6.07, 6.45) is 0. The number of carbonyl (C=O) groups excluding carboxylic acids is 2. The molecule has 1 aliphatic rings. The Morgan fingerprint density at radius 2 is 1.74 bits per heavy atom. The lowest BCUT2D eigenvalue weighted by molar-refractivity contribution is -0.431. The maximum absolute atomic E-state index is 13.1. The predicted molar refractivity (Wildman–Crippen MR) is 125 cm³/mol. The molecule has 0 saturated carbocycles. The summed E-state index contributed by atoms with van der Waals surface area (Å²) in [7, 11) is 0. The van der Waals surface area contributed by atoms with E-state index in [1.54, 1.807) is 38.1 Å². The Kier molecular flexibility index (Phi) is 8.02. The second kappa shape index (κ2) is 11.1. The van der Waals surface area contributed by atoms with E-state index in [1.807, 2.05) is 30.3 Å². The number of ether oxygens (including phenoxy) is 2. The molecule has 1 unspecified atom stereocenters. The fourth-order valence-corrected chi connectivity index (χ4v) is 3.83. The second-order valence-electron chi connectivity index (χ2n) is 7.80. The lowest BCUT2D eigenvalue weighted by atomic mass is 9.83. The van der Waals surface area contributed by atoms with E-state index < -0.39 is 16.8 Å². The monoisotopic (exact) mass is 465 g/mol. The van der Waals surface area contributed by atoms with E-state index in [-0.39, 0.29) is 36.9 Å². The van der Waals surface area contributed by atoms with Crippen LogP contribution < -0.4 is 15.4 Å². The molecule has 3 rings (SSSR count). The Labute approximate surface area is 197 Å². The Morgan fingerprint density at radius 3 is 2.41 bits per heavy atom. The molecule has 1 heterocycles. The quantitative estimate of drug-likeness (QED) is 0.252. The molecule has 1 amide bonds. The lowest BCUT2D eigenvalue weighted by Gasteiger charge is -2.27. The highest BCUT2D eigenvalue weighted by atomic mass is 16.6. The van der Waals surface area contributed by atoms with E-state index in [2.05, 4.69) is 10.6 Å². The Hall–Kier alpha value is -4.14. The third-order valence-electron chi connectivity index (χ3n) is 5.32. The zero-order valence-electron chi connectivity index (χ0n) is 19.3. The number of allylic oxidation sites excluding steroid dienone is 3. The largest absolute Gasteiger partial charge is 0.489 e. The van der Waals surface area contributed by atoms with Gasteiger partial charge in [-0.1, -0.05) is 48.5 Å². The second-order valence-corrected chi connectivity index (χ2v) is 7.80. The van der Waals surface area contributed by atoms with Crippen LogP contribution in [0.4, 0.5) is 0 Å². The number of rotatable bonds is 9. The van der Waals surface area contributed by atoms with Gasteiger partial charge in [0.2, 0.25) is 5.91 Å². The minimum Gasteiger partial charge on any atom is -0.489 e. The topological polar surface area (TPSA) is 120 Å². The zero-order chi connectivity index (χ0) is 24.7. The summed E-state index contributed by atoms with van der Waals surface area (Å²) in [5, 5.41) is 17.6. The summed E-state index contributed by atoms with van der Waals surface area (Å²) in [5.41, 5.74) is 2.18. The maximum atomic E-state index is 13.1. The molecule has 1 atom stereocenters. The van der Waals surface area contributed by atoms with Crippen LogP contribution in [0, 0.1) is 10.1 Å². The van der Waals surface area contributed by atoms with Gasteiger partial charge in [0.15, 0.2) is 0 Å². The highest BCUT2D eigenvalue weighted by Crippen LogP contribution is 2.42. The van der Waals surface area contributed by atoms with Crippen molar-refractivity contribution >= 4 is 11.9 Å². The van der Waals surface area contributed by atoms with Gasteiger partial charge < -0.3 is 20.1 Å². The molecule has 2 aromatic carbocycles. The Bertz CT molecular complexity index is 1140. The van der Waals surface area contributed by atoms with Crippen molar-refractivity contribution in [3.8, 4) is 5.75 Å². The molecule has 1 aliphatic heterocycles. The van der Waals surface area contributed by atoms with Crippen molar-refractivity contribution in [1.82, 2.24) is 10.6 Å². The summed E-state index contributed by atoms with van der Waals surface area (Å²) in [5.74, 6) is -1.52. The number of esters is 1. The number of hydrogen-bond donors (Lipinski definition) is 2. The van der Waals surface area contributed by atoms with Gasteiger partial charge in [-0.15, -0.1) is 0 Å². The highest BCUT2D eigenvalue weighted by molar-refractivity contribution is 5.92. The number of hydrogen-bond acceptors (Lipinski definition) is 7. The lowest BCUT2D eigenvalue weighted by Crippen LogP contribution is -2.33. The Balaban J connectivity index is 1.97. The van der Waals surface area contributed by atoms with Crippen LogP contribution in [0.3, 0.4) is 0 Å². The first-order valence-corrected chi connectivity index (χ1v) is 10.8. The number of amides is 1. The van der Waals surface area contributed by atoms with E-state index in [4.69, 9.17) is 9.47 Å².